The van der Waals surface area contributed by atoms with Crippen LogP contribution in [-0.2, 0) is 16.0 Å². The van der Waals surface area contributed by atoms with Gasteiger partial charge in [0.15, 0.2) is 12.6 Å². The SMILES string of the molecule is CCCCCCc1c(C)c2ccc(OCC(=O)NC(CCCN=C(N)N)C(=O)O)c(C)c2oc1=O. The van der Waals surface area contributed by atoms with Crippen molar-refractivity contribution in [1.82, 2.24) is 5.32 Å². The summed E-state index contributed by atoms with van der Waals surface area (Å²) in [5.41, 5.74) is 12.7. The number of nitrogens with two attached hydrogens (primary N) is 2. The van der Waals surface area contributed by atoms with Crippen LogP contribution in [0.25, 0.3) is 11.0 Å². The van der Waals surface area contributed by atoms with Crippen LogP contribution in [0.3, 0.4) is 0 Å². The second-order valence-electron chi connectivity index (χ2n) is 8.56. The fourth-order valence-electron chi connectivity index (χ4n) is 3.89. The second-order valence-corrected chi connectivity index (χ2v) is 8.56. The molecule has 6 N–H and O–H groups in total. The average molecular weight is 489 g/mol. The van der Waals surface area contributed by atoms with Gasteiger partial charge in [-0.25, -0.2) is 9.59 Å². The zero-order valence-electron chi connectivity index (χ0n) is 20.7. The molecule has 192 valence electrons. The van der Waals surface area contributed by atoms with Crippen molar-refractivity contribution in [3.8, 4) is 5.75 Å². The molecule has 0 aliphatic carbocycles. The molecule has 0 bridgehead atoms. The lowest BCUT2D eigenvalue weighted by Gasteiger charge is -2.16. The highest BCUT2D eigenvalue weighted by Crippen LogP contribution is 2.29. The molecular formula is C25H36N4O6. The minimum Gasteiger partial charge on any atom is -0.483 e. The van der Waals surface area contributed by atoms with Crippen LogP contribution in [-0.4, -0.2) is 42.1 Å². The van der Waals surface area contributed by atoms with Gasteiger partial charge >= 0.3 is 11.6 Å². The number of nitrogens with zero attached hydrogens (tertiary/aromatic N) is 1. The van der Waals surface area contributed by atoms with E-state index in [1.807, 2.05) is 13.0 Å². The largest absolute Gasteiger partial charge is 0.483 e. The first kappa shape index (κ1) is 27.7. The maximum Gasteiger partial charge on any atom is 0.339 e. The summed E-state index contributed by atoms with van der Waals surface area (Å²) >= 11 is 0. The zero-order valence-corrected chi connectivity index (χ0v) is 20.7. The summed E-state index contributed by atoms with van der Waals surface area (Å²) in [5.74, 6) is -1.44. The third kappa shape index (κ3) is 8.01. The van der Waals surface area contributed by atoms with Crippen LogP contribution in [0.5, 0.6) is 5.75 Å². The van der Waals surface area contributed by atoms with Gasteiger partial charge in [0.2, 0.25) is 0 Å². The molecule has 1 aromatic heterocycles. The number of fused-ring (bicyclic) bond motifs is 1. The van der Waals surface area contributed by atoms with Crippen molar-refractivity contribution in [2.24, 2.45) is 16.5 Å². The number of guanidine groups is 1. The predicted molar refractivity (Wildman–Crippen MR) is 135 cm³/mol. The minimum atomic E-state index is -1.16. The second kappa shape index (κ2) is 13.4. The average Bonchev–Trinajstić information content (AvgIpc) is 2.80. The number of benzene rings is 1. The van der Waals surface area contributed by atoms with Crippen LogP contribution in [0.2, 0.25) is 0 Å². The van der Waals surface area contributed by atoms with Crippen molar-refractivity contribution >= 4 is 28.8 Å². The van der Waals surface area contributed by atoms with E-state index in [0.29, 0.717) is 35.3 Å². The molecule has 1 amide bonds. The highest BCUT2D eigenvalue weighted by molar-refractivity contribution is 5.86. The Bertz CT molecular complexity index is 1120. The minimum absolute atomic E-state index is 0.0747. The third-order valence-electron chi connectivity index (χ3n) is 5.87. The summed E-state index contributed by atoms with van der Waals surface area (Å²) in [5, 5.41) is 12.6. The van der Waals surface area contributed by atoms with Crippen LogP contribution in [0.15, 0.2) is 26.3 Å². The number of nitrogens with one attached hydrogen (secondary N) is 1. The Kier molecular flexibility index (Phi) is 10.6. The summed E-state index contributed by atoms with van der Waals surface area (Å²) in [6.07, 6.45) is 5.50. The highest BCUT2D eigenvalue weighted by Gasteiger charge is 2.20. The number of aryl methyl sites for hydroxylation is 2. The predicted octanol–water partition coefficient (Wildman–Crippen LogP) is 2.53. The Hall–Kier alpha value is -3.56. The van der Waals surface area contributed by atoms with Crippen molar-refractivity contribution in [3.05, 3.63) is 39.2 Å². The number of carboxylic acids is 1. The summed E-state index contributed by atoms with van der Waals surface area (Å²) in [4.78, 5) is 40.2. The van der Waals surface area contributed by atoms with E-state index in [9.17, 15) is 19.5 Å². The lowest BCUT2D eigenvalue weighted by Crippen LogP contribution is -2.43. The molecule has 0 aliphatic rings. The van der Waals surface area contributed by atoms with Gasteiger partial charge < -0.3 is 31.0 Å². The van der Waals surface area contributed by atoms with Gasteiger partial charge in [0.25, 0.3) is 5.91 Å². The van der Waals surface area contributed by atoms with Crippen LogP contribution < -0.4 is 27.1 Å². The number of hydrogen-bond donors (Lipinski definition) is 4. The maximum atomic E-state index is 12.6. The molecule has 0 saturated heterocycles. The Labute approximate surface area is 204 Å². The van der Waals surface area contributed by atoms with E-state index in [1.165, 1.54) is 0 Å². The van der Waals surface area contributed by atoms with Crippen LogP contribution in [0.4, 0.5) is 0 Å². The molecule has 2 rings (SSSR count). The maximum absolute atomic E-state index is 12.6. The van der Waals surface area contributed by atoms with Gasteiger partial charge in [-0.2, -0.15) is 0 Å². The van der Waals surface area contributed by atoms with E-state index in [4.69, 9.17) is 20.6 Å². The Balaban J connectivity index is 2.06. The summed E-state index contributed by atoms with van der Waals surface area (Å²) in [6.45, 7) is 5.69. The smallest absolute Gasteiger partial charge is 0.339 e. The molecule has 2 aromatic rings. The van der Waals surface area contributed by atoms with E-state index in [2.05, 4.69) is 17.2 Å². The molecule has 0 spiro atoms. The molecule has 1 aromatic carbocycles. The molecule has 0 fully saturated rings. The van der Waals surface area contributed by atoms with Gasteiger partial charge in [-0.05, 0) is 57.2 Å². The Morgan fingerprint density at radius 2 is 1.89 bits per heavy atom. The van der Waals surface area contributed by atoms with Gasteiger partial charge in [0, 0.05) is 23.1 Å². The van der Waals surface area contributed by atoms with Crippen molar-refractivity contribution in [3.63, 3.8) is 0 Å². The lowest BCUT2D eigenvalue weighted by atomic mass is 9.99. The normalized spacial score (nSPS) is 11.7. The molecule has 1 heterocycles. The van der Waals surface area contributed by atoms with Crippen molar-refractivity contribution < 1.29 is 23.8 Å². The molecule has 1 unspecified atom stereocenters. The number of rotatable bonds is 14. The van der Waals surface area contributed by atoms with Gasteiger partial charge in [0.1, 0.15) is 17.4 Å². The lowest BCUT2D eigenvalue weighted by molar-refractivity contribution is -0.142. The fourth-order valence-corrected chi connectivity index (χ4v) is 3.89. The monoisotopic (exact) mass is 488 g/mol. The molecule has 1 atom stereocenters. The Morgan fingerprint density at radius 3 is 2.54 bits per heavy atom. The van der Waals surface area contributed by atoms with Gasteiger partial charge in [-0.3, -0.25) is 9.79 Å². The van der Waals surface area contributed by atoms with Crippen molar-refractivity contribution in [2.75, 3.05) is 13.2 Å². The molecular weight excluding hydrogens is 452 g/mol. The van der Waals surface area contributed by atoms with Crippen LogP contribution in [0, 0.1) is 13.8 Å². The summed E-state index contributed by atoms with van der Waals surface area (Å²) in [7, 11) is 0. The van der Waals surface area contributed by atoms with E-state index >= 15 is 0 Å². The van der Waals surface area contributed by atoms with E-state index in [1.54, 1.807) is 13.0 Å². The molecule has 0 radical (unpaired) electrons. The number of hydrogen-bond acceptors (Lipinski definition) is 6. The number of aliphatic imine (C=N–C) groups is 1. The summed E-state index contributed by atoms with van der Waals surface area (Å²) in [6, 6.07) is 2.45. The molecule has 0 aliphatic heterocycles. The number of aliphatic carboxylic acids is 1. The topological polar surface area (TPSA) is 170 Å². The molecule has 10 nitrogen and oxygen atoms in total. The van der Waals surface area contributed by atoms with Gasteiger partial charge in [-0.1, -0.05) is 26.2 Å². The van der Waals surface area contributed by atoms with E-state index in [0.717, 1.165) is 36.6 Å². The quantitative estimate of drug-likeness (QED) is 0.136. The molecule has 10 heteroatoms. The van der Waals surface area contributed by atoms with Gasteiger partial charge in [-0.15, -0.1) is 0 Å². The van der Waals surface area contributed by atoms with Crippen LogP contribution >= 0.6 is 0 Å². The number of carbonyl (C=O) groups is 2. The zero-order chi connectivity index (χ0) is 26.0. The summed E-state index contributed by atoms with van der Waals surface area (Å²) < 4.78 is 11.3. The van der Waals surface area contributed by atoms with E-state index < -0.39 is 17.9 Å². The molecule has 0 saturated carbocycles. The first-order valence-corrected chi connectivity index (χ1v) is 11.9. The van der Waals surface area contributed by atoms with Crippen LogP contribution in [0.1, 0.15) is 62.1 Å². The number of unbranched alkanes of at least 4 members (excludes halogenated alkanes) is 3. The number of carbonyl (C=O) groups excluding carboxylic acids is 1. The van der Waals surface area contributed by atoms with E-state index in [-0.39, 0.29) is 31.2 Å². The number of carboxylic acid groups (broad SMARTS) is 1. The fraction of sp³-hybridized carbons (Fsp3) is 0.520. The first-order valence-electron chi connectivity index (χ1n) is 11.9. The number of ether oxygens (including phenoxy) is 1. The molecule has 35 heavy (non-hydrogen) atoms. The van der Waals surface area contributed by atoms with Gasteiger partial charge in [0.05, 0.1) is 0 Å². The Morgan fingerprint density at radius 1 is 1.14 bits per heavy atom. The third-order valence-corrected chi connectivity index (χ3v) is 5.87. The standard InChI is InChI=1S/C25H36N4O6/c1-4-5-6-7-9-18-15(2)17-11-12-20(16(3)22(17)35-24(18)33)34-14-21(30)29-19(23(31)32)10-8-13-28-25(26)27/h11-12,19H,4-10,13-14H2,1-3H3,(H,29,30)(H,31,32)(H4,26,27,28). The van der Waals surface area contributed by atoms with Crippen molar-refractivity contribution in [2.45, 2.75) is 71.8 Å². The number of amides is 1. The highest BCUT2D eigenvalue weighted by atomic mass is 16.5. The van der Waals surface area contributed by atoms with Crippen molar-refractivity contribution in [1.29, 1.82) is 0 Å². The first-order chi connectivity index (χ1) is 16.6.